The molecule has 0 amide bonds. The lowest BCUT2D eigenvalue weighted by Crippen LogP contribution is -2.38. The van der Waals surface area contributed by atoms with E-state index in [4.69, 9.17) is 14.5 Å². The van der Waals surface area contributed by atoms with Gasteiger partial charge >= 0.3 is 0 Å². The average molecular weight is 424 g/mol. The molecule has 7 heteroatoms. The molecule has 7 nitrogen and oxygen atoms in total. The van der Waals surface area contributed by atoms with Gasteiger partial charge in [-0.05, 0) is 44.5 Å². The first-order valence-electron chi connectivity index (χ1n) is 10.9. The summed E-state index contributed by atoms with van der Waals surface area (Å²) in [6.07, 6.45) is 4.90. The Morgan fingerprint density at radius 3 is 2.84 bits per heavy atom. The maximum absolute atomic E-state index is 5.93. The van der Waals surface area contributed by atoms with Gasteiger partial charge in [-0.15, -0.1) is 0 Å². The summed E-state index contributed by atoms with van der Waals surface area (Å²) in [6.45, 7) is 10.0. The number of aryl methyl sites for hydroxylation is 1. The van der Waals surface area contributed by atoms with Crippen molar-refractivity contribution in [2.24, 2.45) is 4.99 Å². The van der Waals surface area contributed by atoms with Crippen LogP contribution in [0.15, 0.2) is 53.8 Å². The molecular formula is C24H33N5O2. The predicted octanol–water partition coefficient (Wildman–Crippen LogP) is 3.36. The fourth-order valence-corrected chi connectivity index (χ4v) is 3.20. The largest absolute Gasteiger partial charge is 0.491 e. The van der Waals surface area contributed by atoms with Crippen LogP contribution in [0.3, 0.4) is 0 Å². The minimum atomic E-state index is 0.533. The molecule has 3 rings (SSSR count). The van der Waals surface area contributed by atoms with E-state index in [9.17, 15) is 0 Å². The summed E-state index contributed by atoms with van der Waals surface area (Å²) in [4.78, 5) is 9.40. The second-order valence-electron chi connectivity index (χ2n) is 7.23. The zero-order valence-electron chi connectivity index (χ0n) is 18.7. The molecule has 0 radical (unpaired) electrons. The number of pyridine rings is 1. The van der Waals surface area contributed by atoms with Gasteiger partial charge in [0.2, 0.25) is 0 Å². The zero-order chi connectivity index (χ0) is 21.9. The number of benzene rings is 1. The molecule has 0 fully saturated rings. The van der Waals surface area contributed by atoms with Crippen molar-refractivity contribution in [3.8, 4) is 5.75 Å². The monoisotopic (exact) mass is 423 g/mol. The SMILES string of the molecule is CCNC(=NCc1ccc(C)cc1OCCOCC)NCCc1cn2ccccc2n1. The van der Waals surface area contributed by atoms with Crippen molar-refractivity contribution in [2.45, 2.75) is 33.7 Å². The van der Waals surface area contributed by atoms with Gasteiger partial charge in [0.1, 0.15) is 18.0 Å². The highest BCUT2D eigenvalue weighted by Crippen LogP contribution is 2.21. The number of hydrogen-bond acceptors (Lipinski definition) is 4. The van der Waals surface area contributed by atoms with Crippen LogP contribution in [0.2, 0.25) is 0 Å². The van der Waals surface area contributed by atoms with Crippen molar-refractivity contribution in [1.29, 1.82) is 0 Å². The fraction of sp³-hybridized carbons (Fsp3) is 0.417. The summed E-state index contributed by atoms with van der Waals surface area (Å²) in [5.41, 5.74) is 4.24. The number of aromatic nitrogens is 2. The van der Waals surface area contributed by atoms with Crippen LogP contribution in [0.25, 0.3) is 5.65 Å². The third-order valence-electron chi connectivity index (χ3n) is 4.75. The normalized spacial score (nSPS) is 11.6. The second kappa shape index (κ2) is 12.0. The van der Waals surface area contributed by atoms with Crippen LogP contribution in [0.5, 0.6) is 5.75 Å². The smallest absolute Gasteiger partial charge is 0.191 e. The molecule has 0 atom stereocenters. The predicted molar refractivity (Wildman–Crippen MR) is 125 cm³/mol. The van der Waals surface area contributed by atoms with Crippen molar-refractivity contribution >= 4 is 11.6 Å². The van der Waals surface area contributed by atoms with Gasteiger partial charge in [-0.2, -0.15) is 0 Å². The molecule has 0 aliphatic rings. The Hall–Kier alpha value is -3.06. The van der Waals surface area contributed by atoms with E-state index in [-0.39, 0.29) is 0 Å². The van der Waals surface area contributed by atoms with Gasteiger partial charge in [-0.25, -0.2) is 9.98 Å². The number of imidazole rings is 1. The summed E-state index contributed by atoms with van der Waals surface area (Å²) in [6, 6.07) is 12.2. The lowest BCUT2D eigenvalue weighted by molar-refractivity contribution is 0.110. The van der Waals surface area contributed by atoms with E-state index in [0.29, 0.717) is 26.4 Å². The second-order valence-corrected chi connectivity index (χ2v) is 7.23. The number of guanidine groups is 1. The van der Waals surface area contributed by atoms with Gasteiger partial charge in [0.15, 0.2) is 5.96 Å². The van der Waals surface area contributed by atoms with E-state index >= 15 is 0 Å². The molecule has 0 saturated carbocycles. The first-order chi connectivity index (χ1) is 15.2. The molecular weight excluding hydrogens is 390 g/mol. The van der Waals surface area contributed by atoms with Crippen LogP contribution < -0.4 is 15.4 Å². The van der Waals surface area contributed by atoms with Crippen LogP contribution in [-0.4, -0.2) is 48.3 Å². The van der Waals surface area contributed by atoms with Crippen molar-refractivity contribution in [3.63, 3.8) is 0 Å². The van der Waals surface area contributed by atoms with Crippen LogP contribution in [0.1, 0.15) is 30.7 Å². The van der Waals surface area contributed by atoms with E-state index in [0.717, 1.165) is 53.7 Å². The van der Waals surface area contributed by atoms with Gasteiger partial charge in [-0.1, -0.05) is 18.2 Å². The summed E-state index contributed by atoms with van der Waals surface area (Å²) >= 11 is 0. The van der Waals surface area contributed by atoms with Crippen molar-refractivity contribution in [1.82, 2.24) is 20.0 Å². The lowest BCUT2D eigenvalue weighted by Gasteiger charge is -2.13. The molecule has 0 aliphatic carbocycles. The molecule has 2 aromatic heterocycles. The van der Waals surface area contributed by atoms with Crippen molar-refractivity contribution in [3.05, 3.63) is 65.6 Å². The number of fused-ring (bicyclic) bond motifs is 1. The molecule has 2 heterocycles. The van der Waals surface area contributed by atoms with Gasteiger partial charge in [-0.3, -0.25) is 0 Å². The highest BCUT2D eigenvalue weighted by molar-refractivity contribution is 5.79. The number of rotatable bonds is 11. The molecule has 3 aromatic rings. The van der Waals surface area contributed by atoms with Gasteiger partial charge in [0.05, 0.1) is 18.8 Å². The fourth-order valence-electron chi connectivity index (χ4n) is 3.20. The minimum absolute atomic E-state index is 0.533. The number of nitrogens with zero attached hydrogens (tertiary/aromatic N) is 3. The molecule has 166 valence electrons. The third-order valence-corrected chi connectivity index (χ3v) is 4.75. The quantitative estimate of drug-likeness (QED) is 0.281. The Morgan fingerprint density at radius 1 is 1.13 bits per heavy atom. The van der Waals surface area contributed by atoms with E-state index in [1.165, 1.54) is 0 Å². The number of nitrogens with one attached hydrogen (secondary N) is 2. The maximum atomic E-state index is 5.93. The molecule has 1 aromatic carbocycles. The molecule has 0 aliphatic heterocycles. The molecule has 0 spiro atoms. The summed E-state index contributed by atoms with van der Waals surface area (Å²) in [5, 5.41) is 6.71. The van der Waals surface area contributed by atoms with Crippen molar-refractivity contribution < 1.29 is 9.47 Å². The Bertz CT molecular complexity index is 950. The summed E-state index contributed by atoms with van der Waals surface area (Å²) < 4.78 is 13.4. The Kier molecular flexibility index (Phi) is 8.72. The number of ether oxygens (including phenoxy) is 2. The summed E-state index contributed by atoms with van der Waals surface area (Å²) in [7, 11) is 0. The van der Waals surface area contributed by atoms with E-state index in [1.54, 1.807) is 0 Å². The van der Waals surface area contributed by atoms with Crippen molar-refractivity contribution in [2.75, 3.05) is 32.9 Å². The van der Waals surface area contributed by atoms with Crippen LogP contribution in [0, 0.1) is 6.92 Å². The highest BCUT2D eigenvalue weighted by atomic mass is 16.5. The minimum Gasteiger partial charge on any atom is -0.491 e. The standard InChI is InChI=1S/C24H33N5O2/c1-4-25-24(26-12-11-21-18-29-13-7-6-8-23(29)28-21)27-17-20-10-9-19(3)16-22(20)31-15-14-30-5-2/h6-10,13,16,18H,4-5,11-12,14-15,17H2,1-3H3,(H2,25,26,27). The first-order valence-corrected chi connectivity index (χ1v) is 10.9. The molecule has 0 saturated heterocycles. The van der Waals surface area contributed by atoms with Crippen LogP contribution in [-0.2, 0) is 17.7 Å². The maximum Gasteiger partial charge on any atom is 0.191 e. The van der Waals surface area contributed by atoms with Crippen LogP contribution in [0.4, 0.5) is 0 Å². The number of aliphatic imine (C=N–C) groups is 1. The first kappa shape index (κ1) is 22.6. The molecule has 31 heavy (non-hydrogen) atoms. The highest BCUT2D eigenvalue weighted by Gasteiger charge is 2.06. The average Bonchev–Trinajstić information content (AvgIpc) is 3.19. The van der Waals surface area contributed by atoms with Gasteiger partial charge < -0.3 is 24.5 Å². The Labute approximate surface area is 184 Å². The van der Waals surface area contributed by atoms with Gasteiger partial charge in [0, 0.05) is 44.1 Å². The molecule has 0 bridgehead atoms. The topological polar surface area (TPSA) is 72.2 Å². The number of hydrogen-bond donors (Lipinski definition) is 2. The van der Waals surface area contributed by atoms with E-state index in [2.05, 4.69) is 53.9 Å². The third kappa shape index (κ3) is 7.00. The summed E-state index contributed by atoms with van der Waals surface area (Å²) in [5.74, 6) is 1.65. The molecule has 2 N–H and O–H groups in total. The van der Waals surface area contributed by atoms with E-state index in [1.807, 2.05) is 35.7 Å². The molecule has 0 unspecified atom stereocenters. The zero-order valence-corrected chi connectivity index (χ0v) is 18.7. The Balaban J connectivity index is 1.58. The Morgan fingerprint density at radius 2 is 2.03 bits per heavy atom. The van der Waals surface area contributed by atoms with Crippen LogP contribution >= 0.6 is 0 Å². The van der Waals surface area contributed by atoms with Gasteiger partial charge in [0.25, 0.3) is 0 Å². The van der Waals surface area contributed by atoms with E-state index < -0.39 is 0 Å². The lowest BCUT2D eigenvalue weighted by atomic mass is 10.1.